The molecule has 1 fully saturated rings. The first-order valence-corrected chi connectivity index (χ1v) is 5.23. The number of hydrogen-bond donors (Lipinski definition) is 0. The molecule has 0 bridgehead atoms. The lowest BCUT2D eigenvalue weighted by Gasteiger charge is -2.14. The number of hydrogen-bond acceptors (Lipinski definition) is 2. The lowest BCUT2D eigenvalue weighted by molar-refractivity contribution is 0.712. The maximum Gasteiger partial charge on any atom is 0.0667 e. The highest BCUT2D eigenvalue weighted by molar-refractivity contribution is 8.00. The van der Waals surface area contributed by atoms with Crippen molar-refractivity contribution in [3.05, 3.63) is 0 Å². The second-order valence-corrected chi connectivity index (χ2v) is 5.21. The first kappa shape index (κ1) is 8.93. The first-order chi connectivity index (χ1) is 5.24. The fourth-order valence-electron chi connectivity index (χ4n) is 1.59. The van der Waals surface area contributed by atoms with Crippen LogP contribution in [0, 0.1) is 17.2 Å². The van der Waals surface area contributed by atoms with Crippen molar-refractivity contribution in [2.24, 2.45) is 5.92 Å². The van der Waals surface area contributed by atoms with Crippen molar-refractivity contribution in [2.45, 2.75) is 43.6 Å². The number of rotatable bonds is 2. The summed E-state index contributed by atoms with van der Waals surface area (Å²) in [5.74, 6) is 0.336. The number of thioether (sulfide) groups is 1. The highest BCUT2D eigenvalue weighted by atomic mass is 32.2. The predicted octanol–water partition coefficient (Wildman–Crippen LogP) is 2.82. The summed E-state index contributed by atoms with van der Waals surface area (Å²) >= 11 is 1.97. The normalized spacial score (nSPS) is 30.7. The summed E-state index contributed by atoms with van der Waals surface area (Å²) in [6, 6.07) is 2.40. The molecule has 0 saturated heterocycles. The van der Waals surface area contributed by atoms with Crippen molar-refractivity contribution in [3.63, 3.8) is 0 Å². The molecule has 2 heteroatoms. The van der Waals surface area contributed by atoms with Crippen LogP contribution in [0.4, 0.5) is 0 Å². The van der Waals surface area contributed by atoms with Gasteiger partial charge in [0.05, 0.1) is 12.0 Å². The minimum Gasteiger partial charge on any atom is -0.198 e. The van der Waals surface area contributed by atoms with Gasteiger partial charge in [-0.1, -0.05) is 20.3 Å². The van der Waals surface area contributed by atoms with Crippen LogP contribution in [-0.2, 0) is 0 Å². The molecule has 0 aromatic rings. The summed E-state index contributed by atoms with van der Waals surface area (Å²) in [5, 5.41) is 10.1. The molecule has 0 amide bonds. The summed E-state index contributed by atoms with van der Waals surface area (Å²) in [6.07, 6.45) is 3.63. The molecule has 1 nitrogen and oxygen atoms in total. The van der Waals surface area contributed by atoms with Gasteiger partial charge in [-0.3, -0.25) is 0 Å². The smallest absolute Gasteiger partial charge is 0.0667 e. The van der Waals surface area contributed by atoms with E-state index in [1.807, 2.05) is 11.8 Å². The molecule has 11 heavy (non-hydrogen) atoms. The fraction of sp³-hybridized carbons (Fsp3) is 0.889. The molecule has 62 valence electrons. The van der Waals surface area contributed by atoms with Crippen LogP contribution in [0.3, 0.4) is 0 Å². The van der Waals surface area contributed by atoms with Gasteiger partial charge in [0.2, 0.25) is 0 Å². The molecule has 2 atom stereocenters. The van der Waals surface area contributed by atoms with Gasteiger partial charge in [-0.25, -0.2) is 0 Å². The molecule has 0 radical (unpaired) electrons. The Morgan fingerprint density at radius 1 is 1.45 bits per heavy atom. The molecule has 1 aliphatic rings. The van der Waals surface area contributed by atoms with E-state index in [1.165, 1.54) is 12.8 Å². The van der Waals surface area contributed by atoms with E-state index in [-0.39, 0.29) is 0 Å². The van der Waals surface area contributed by atoms with E-state index in [2.05, 4.69) is 19.9 Å². The third-order valence-corrected chi connectivity index (χ3v) is 3.52. The average molecular weight is 169 g/mol. The Labute approximate surface area is 73.2 Å². The van der Waals surface area contributed by atoms with Crippen molar-refractivity contribution < 1.29 is 0 Å². The third-order valence-electron chi connectivity index (χ3n) is 2.07. The largest absolute Gasteiger partial charge is 0.198 e. The van der Waals surface area contributed by atoms with Crippen molar-refractivity contribution in [3.8, 4) is 6.07 Å². The summed E-state index contributed by atoms with van der Waals surface area (Å²) in [7, 11) is 0. The lowest BCUT2D eigenvalue weighted by atomic mass is 10.1. The second kappa shape index (κ2) is 4.01. The van der Waals surface area contributed by atoms with Crippen molar-refractivity contribution in [2.75, 3.05) is 0 Å². The quantitative estimate of drug-likeness (QED) is 0.634. The minimum atomic E-state index is 0.336. The van der Waals surface area contributed by atoms with Crippen LogP contribution >= 0.6 is 11.8 Å². The number of nitriles is 1. The molecule has 0 heterocycles. The fourth-order valence-corrected chi connectivity index (χ4v) is 2.97. The van der Waals surface area contributed by atoms with Gasteiger partial charge in [0.1, 0.15) is 0 Å². The maximum absolute atomic E-state index is 8.79. The summed E-state index contributed by atoms with van der Waals surface area (Å²) in [4.78, 5) is 0. The highest BCUT2D eigenvalue weighted by Crippen LogP contribution is 2.36. The van der Waals surface area contributed by atoms with Gasteiger partial charge in [0, 0.05) is 5.25 Å². The zero-order chi connectivity index (χ0) is 8.27. The number of nitrogens with zero attached hydrogens (tertiary/aromatic N) is 1. The van der Waals surface area contributed by atoms with Gasteiger partial charge in [-0.2, -0.15) is 17.0 Å². The molecule has 0 aromatic carbocycles. The summed E-state index contributed by atoms with van der Waals surface area (Å²) in [5.41, 5.74) is 0. The van der Waals surface area contributed by atoms with E-state index in [4.69, 9.17) is 5.26 Å². The van der Waals surface area contributed by atoms with Crippen molar-refractivity contribution in [1.29, 1.82) is 5.26 Å². The van der Waals surface area contributed by atoms with Crippen LogP contribution in [-0.4, -0.2) is 10.5 Å². The standard InChI is InChI=1S/C9H15NS/c1-7(2)11-9-5-3-4-8(9)6-10/h7-9H,3-5H2,1-2H3. The van der Waals surface area contributed by atoms with Gasteiger partial charge in [0.15, 0.2) is 0 Å². The molecule has 0 spiro atoms. The molecule has 2 unspecified atom stereocenters. The Morgan fingerprint density at radius 2 is 2.18 bits per heavy atom. The van der Waals surface area contributed by atoms with Gasteiger partial charge >= 0.3 is 0 Å². The molecule has 1 saturated carbocycles. The predicted molar refractivity (Wildman–Crippen MR) is 49.5 cm³/mol. The monoisotopic (exact) mass is 169 g/mol. The summed E-state index contributed by atoms with van der Waals surface area (Å²) in [6.45, 7) is 4.41. The lowest BCUT2D eigenvalue weighted by Crippen LogP contribution is -2.10. The zero-order valence-corrected chi connectivity index (χ0v) is 8.03. The van der Waals surface area contributed by atoms with Crippen LogP contribution < -0.4 is 0 Å². The third kappa shape index (κ3) is 2.41. The Balaban J connectivity index is 2.39. The second-order valence-electron chi connectivity index (χ2n) is 3.39. The highest BCUT2D eigenvalue weighted by Gasteiger charge is 2.27. The van der Waals surface area contributed by atoms with Gasteiger partial charge in [0.25, 0.3) is 0 Å². The molecular formula is C9H15NS. The van der Waals surface area contributed by atoms with Crippen LogP contribution in [0.15, 0.2) is 0 Å². The van der Waals surface area contributed by atoms with Crippen LogP contribution in [0.1, 0.15) is 33.1 Å². The Hall–Kier alpha value is -0.160. The Morgan fingerprint density at radius 3 is 2.73 bits per heavy atom. The first-order valence-electron chi connectivity index (χ1n) is 4.29. The van der Waals surface area contributed by atoms with Crippen LogP contribution in [0.25, 0.3) is 0 Å². The Kier molecular flexibility index (Phi) is 3.26. The summed E-state index contributed by atoms with van der Waals surface area (Å²) < 4.78 is 0. The van der Waals surface area contributed by atoms with Gasteiger partial charge < -0.3 is 0 Å². The minimum absolute atomic E-state index is 0.336. The zero-order valence-electron chi connectivity index (χ0n) is 7.21. The van der Waals surface area contributed by atoms with Crippen LogP contribution in [0.5, 0.6) is 0 Å². The van der Waals surface area contributed by atoms with Crippen molar-refractivity contribution in [1.82, 2.24) is 0 Å². The molecular weight excluding hydrogens is 154 g/mol. The molecule has 0 aromatic heterocycles. The van der Waals surface area contributed by atoms with E-state index in [0.717, 1.165) is 6.42 Å². The van der Waals surface area contributed by atoms with Gasteiger partial charge in [-0.15, -0.1) is 0 Å². The van der Waals surface area contributed by atoms with Crippen molar-refractivity contribution >= 4 is 11.8 Å². The van der Waals surface area contributed by atoms with E-state index < -0.39 is 0 Å². The topological polar surface area (TPSA) is 23.8 Å². The average Bonchev–Trinajstić information content (AvgIpc) is 2.34. The van der Waals surface area contributed by atoms with E-state index in [0.29, 0.717) is 16.4 Å². The SMILES string of the molecule is CC(C)SC1CCCC1C#N. The van der Waals surface area contributed by atoms with E-state index in [1.54, 1.807) is 0 Å². The molecule has 1 rings (SSSR count). The van der Waals surface area contributed by atoms with E-state index >= 15 is 0 Å². The molecule has 0 N–H and O–H groups in total. The molecule has 0 aliphatic heterocycles. The van der Waals surface area contributed by atoms with Crippen LogP contribution in [0.2, 0.25) is 0 Å². The molecule has 1 aliphatic carbocycles. The Bertz CT molecular complexity index is 159. The van der Waals surface area contributed by atoms with E-state index in [9.17, 15) is 0 Å². The van der Waals surface area contributed by atoms with Gasteiger partial charge in [-0.05, 0) is 18.1 Å². The maximum atomic E-state index is 8.79.